The molecule has 4 nitrogen and oxygen atoms in total. The first kappa shape index (κ1) is 29.6. The molecule has 1 aromatic heterocycles. The number of hydrogen-bond donors (Lipinski definition) is 1. The van der Waals surface area contributed by atoms with Crippen molar-refractivity contribution in [3.8, 4) is 33.8 Å². The van der Waals surface area contributed by atoms with Crippen LogP contribution in [0, 0.1) is 0 Å². The summed E-state index contributed by atoms with van der Waals surface area (Å²) >= 11 is 0. The van der Waals surface area contributed by atoms with Crippen molar-refractivity contribution in [3.63, 3.8) is 0 Å². The largest absolute Gasteiger partial charge is 0.456 e. The second-order valence-electron chi connectivity index (χ2n) is 13.9. The molecular weight excluding hydrogens is 602 g/mol. The van der Waals surface area contributed by atoms with Gasteiger partial charge in [-0.1, -0.05) is 103 Å². The van der Waals surface area contributed by atoms with E-state index in [1.807, 2.05) is 26.0 Å². The summed E-state index contributed by atoms with van der Waals surface area (Å²) in [4.78, 5) is 0. The second-order valence-corrected chi connectivity index (χ2v) is 13.9. The quantitative estimate of drug-likeness (QED) is 0.208. The van der Waals surface area contributed by atoms with E-state index in [2.05, 4.69) is 146 Å². The van der Waals surface area contributed by atoms with Crippen LogP contribution < -0.4 is 14.8 Å². The van der Waals surface area contributed by atoms with Crippen molar-refractivity contribution < 1.29 is 13.9 Å². The lowest BCUT2D eigenvalue weighted by Crippen LogP contribution is -2.44. The van der Waals surface area contributed by atoms with E-state index >= 15 is 0 Å². The van der Waals surface area contributed by atoms with Crippen molar-refractivity contribution >= 4 is 27.5 Å². The number of hydrogen-bond acceptors (Lipinski definition) is 4. The molecule has 0 bridgehead atoms. The molecule has 2 aliphatic rings. The van der Waals surface area contributed by atoms with Gasteiger partial charge in [-0.15, -0.1) is 0 Å². The number of benzene rings is 6. The maximum atomic E-state index is 6.62. The third kappa shape index (κ3) is 5.29. The van der Waals surface area contributed by atoms with Crippen molar-refractivity contribution in [3.05, 3.63) is 162 Å². The molecule has 4 heteroatoms. The lowest BCUT2D eigenvalue weighted by Gasteiger charge is -2.40. The van der Waals surface area contributed by atoms with E-state index in [1.165, 1.54) is 22.3 Å². The lowest BCUT2D eigenvalue weighted by atomic mass is 9.78. The van der Waals surface area contributed by atoms with Gasteiger partial charge in [0.05, 0.1) is 6.04 Å². The van der Waals surface area contributed by atoms with Gasteiger partial charge >= 0.3 is 0 Å². The SMILES string of the molecule is CC1(C)Oc2cc(-c3ccc4oc5ccccc5c4c3)ccc2-c2cc(C3=CC(c4ccccc4)NC(C)(c4ccccc4)C3)ccc2O1. The zero-order chi connectivity index (χ0) is 33.2. The van der Waals surface area contributed by atoms with Gasteiger partial charge in [-0.2, -0.15) is 0 Å². The van der Waals surface area contributed by atoms with Crippen molar-refractivity contribution in [2.24, 2.45) is 0 Å². The maximum Gasteiger partial charge on any atom is 0.245 e. The Labute approximate surface area is 286 Å². The standard InChI is InChI=1S/C45H37NO3/c1-44(2)48-42-23-20-31(33-26-39(29-12-6-4-7-13-29)46-45(3,28-33)34-14-8-5-9-15-34)25-38(42)36-21-18-32(27-43(36)49-44)30-19-22-41-37(24-30)35-16-10-11-17-40(35)47-41/h4-27,39,46H,28H2,1-3H3. The molecule has 3 heterocycles. The molecule has 0 fully saturated rings. The van der Waals surface area contributed by atoms with E-state index in [1.54, 1.807) is 0 Å². The highest BCUT2D eigenvalue weighted by Crippen LogP contribution is 2.47. The lowest BCUT2D eigenvalue weighted by molar-refractivity contribution is -0.0778. The van der Waals surface area contributed by atoms with Gasteiger partial charge in [0.25, 0.3) is 0 Å². The zero-order valence-corrected chi connectivity index (χ0v) is 27.9. The van der Waals surface area contributed by atoms with E-state index in [0.29, 0.717) is 0 Å². The van der Waals surface area contributed by atoms with Gasteiger partial charge in [-0.3, -0.25) is 5.32 Å². The first-order chi connectivity index (χ1) is 23.8. The molecule has 0 saturated heterocycles. The van der Waals surface area contributed by atoms with Crippen LogP contribution in [-0.2, 0) is 5.54 Å². The Morgan fingerprint density at radius 1 is 0.571 bits per heavy atom. The van der Waals surface area contributed by atoms with Crippen molar-refractivity contribution in [1.29, 1.82) is 0 Å². The number of para-hydroxylation sites is 1. The van der Waals surface area contributed by atoms with Gasteiger partial charge in [-0.25, -0.2) is 0 Å². The van der Waals surface area contributed by atoms with Crippen molar-refractivity contribution in [2.75, 3.05) is 0 Å². The molecule has 240 valence electrons. The summed E-state index contributed by atoms with van der Waals surface area (Å²) in [6.45, 7) is 6.26. The minimum Gasteiger partial charge on any atom is -0.456 e. The van der Waals surface area contributed by atoms with Crippen molar-refractivity contribution in [2.45, 2.75) is 44.6 Å². The monoisotopic (exact) mass is 639 g/mol. The van der Waals surface area contributed by atoms with Crippen LogP contribution in [-0.4, -0.2) is 5.79 Å². The van der Waals surface area contributed by atoms with Crippen LogP contribution in [0.3, 0.4) is 0 Å². The molecule has 0 amide bonds. The second kappa shape index (κ2) is 11.3. The molecule has 7 aromatic rings. The van der Waals surface area contributed by atoms with E-state index in [4.69, 9.17) is 13.9 Å². The van der Waals surface area contributed by atoms with E-state index in [-0.39, 0.29) is 11.6 Å². The topological polar surface area (TPSA) is 43.6 Å². The fourth-order valence-corrected chi connectivity index (χ4v) is 7.60. The Kier molecular flexibility index (Phi) is 6.79. The summed E-state index contributed by atoms with van der Waals surface area (Å²) < 4.78 is 19.3. The molecule has 49 heavy (non-hydrogen) atoms. The normalized spacial score (nSPS) is 19.7. The molecule has 2 aliphatic heterocycles. The summed E-state index contributed by atoms with van der Waals surface area (Å²) in [6.07, 6.45) is 3.23. The van der Waals surface area contributed by atoms with Gasteiger partial charge in [0.15, 0.2) is 0 Å². The number of nitrogens with one attached hydrogen (secondary N) is 1. The Bertz CT molecular complexity index is 2390. The molecule has 0 aliphatic carbocycles. The molecule has 0 saturated carbocycles. The molecule has 0 spiro atoms. The third-order valence-electron chi connectivity index (χ3n) is 10.00. The van der Waals surface area contributed by atoms with E-state index in [9.17, 15) is 0 Å². The maximum absolute atomic E-state index is 6.62. The van der Waals surface area contributed by atoms with Crippen molar-refractivity contribution in [1.82, 2.24) is 5.32 Å². The highest BCUT2D eigenvalue weighted by atomic mass is 16.7. The highest BCUT2D eigenvalue weighted by molar-refractivity contribution is 6.06. The first-order valence-corrected chi connectivity index (χ1v) is 17.0. The molecule has 6 aromatic carbocycles. The fourth-order valence-electron chi connectivity index (χ4n) is 7.60. The van der Waals surface area contributed by atoms with Gasteiger partial charge in [0.2, 0.25) is 5.79 Å². The summed E-state index contributed by atoms with van der Waals surface area (Å²) in [5, 5.41) is 6.20. The smallest absolute Gasteiger partial charge is 0.245 e. The summed E-state index contributed by atoms with van der Waals surface area (Å²) in [7, 11) is 0. The predicted octanol–water partition coefficient (Wildman–Crippen LogP) is 11.5. The molecular formula is C45H37NO3. The van der Waals surface area contributed by atoms with Crippen LogP contribution in [0.2, 0.25) is 0 Å². The van der Waals surface area contributed by atoms with Crippen LogP contribution in [0.15, 0.2) is 150 Å². The average Bonchev–Trinajstić information content (AvgIpc) is 3.45. The molecule has 9 rings (SSSR count). The summed E-state index contributed by atoms with van der Waals surface area (Å²) in [5.41, 5.74) is 10.7. The van der Waals surface area contributed by atoms with Crippen LogP contribution >= 0.6 is 0 Å². The van der Waals surface area contributed by atoms with Crippen LogP contribution in [0.25, 0.3) is 49.8 Å². The Hall–Kier alpha value is -5.58. The number of fused-ring (bicyclic) bond motifs is 6. The predicted molar refractivity (Wildman–Crippen MR) is 199 cm³/mol. The van der Waals surface area contributed by atoms with E-state index in [0.717, 1.165) is 62.1 Å². The molecule has 1 N–H and O–H groups in total. The van der Waals surface area contributed by atoms with Crippen LogP contribution in [0.5, 0.6) is 11.5 Å². The van der Waals surface area contributed by atoms with Crippen LogP contribution in [0.1, 0.15) is 49.9 Å². The summed E-state index contributed by atoms with van der Waals surface area (Å²) in [6, 6.07) is 49.2. The van der Waals surface area contributed by atoms with Gasteiger partial charge < -0.3 is 13.9 Å². The third-order valence-corrected chi connectivity index (χ3v) is 10.00. The molecule has 2 atom stereocenters. The summed E-state index contributed by atoms with van der Waals surface area (Å²) in [5.74, 6) is 0.751. The Morgan fingerprint density at radius 2 is 1.24 bits per heavy atom. The van der Waals surface area contributed by atoms with Gasteiger partial charge in [-0.05, 0) is 89.2 Å². The Morgan fingerprint density at radius 3 is 2.08 bits per heavy atom. The molecule has 0 radical (unpaired) electrons. The van der Waals surface area contributed by atoms with Gasteiger partial charge in [0, 0.05) is 41.3 Å². The zero-order valence-electron chi connectivity index (χ0n) is 27.9. The average molecular weight is 640 g/mol. The highest BCUT2D eigenvalue weighted by Gasteiger charge is 2.35. The van der Waals surface area contributed by atoms with Gasteiger partial charge in [0.1, 0.15) is 22.7 Å². The minimum absolute atomic E-state index is 0.0620. The Balaban J connectivity index is 1.14. The van der Waals surface area contributed by atoms with Crippen LogP contribution in [0.4, 0.5) is 0 Å². The number of ether oxygens (including phenoxy) is 2. The minimum atomic E-state index is -0.858. The fraction of sp³-hybridized carbons (Fsp3) is 0.156. The van der Waals surface area contributed by atoms with E-state index < -0.39 is 5.79 Å². The first-order valence-electron chi connectivity index (χ1n) is 17.0. The number of rotatable bonds is 4. The molecule has 2 unspecified atom stereocenters. The number of furan rings is 1.